The number of ether oxygens (including phenoxy) is 2. The van der Waals surface area contributed by atoms with Crippen molar-refractivity contribution in [2.75, 3.05) is 9.80 Å². The van der Waals surface area contributed by atoms with E-state index in [1.54, 1.807) is 0 Å². The molecular formula is C94H63BN2O2. The maximum atomic E-state index is 7.30. The van der Waals surface area contributed by atoms with Crippen molar-refractivity contribution in [1.29, 1.82) is 0 Å². The Hall–Kier alpha value is -12.4. The van der Waals surface area contributed by atoms with E-state index in [9.17, 15) is 0 Å². The van der Waals surface area contributed by atoms with Gasteiger partial charge in [0.25, 0.3) is 6.71 Å². The smallest absolute Gasteiger partial charge is 0.252 e. The highest BCUT2D eigenvalue weighted by atomic mass is 16.5. The van der Waals surface area contributed by atoms with Crippen molar-refractivity contribution < 1.29 is 9.47 Å². The first-order valence-corrected chi connectivity index (χ1v) is 34.4. The molecule has 0 saturated heterocycles. The van der Waals surface area contributed by atoms with E-state index in [-0.39, 0.29) is 6.71 Å². The highest BCUT2D eigenvalue weighted by molar-refractivity contribution is 7.00. The highest BCUT2D eigenvalue weighted by Gasteiger charge is 2.52. The summed E-state index contributed by atoms with van der Waals surface area (Å²) in [6.45, 7) is 4.43. The predicted octanol–water partition coefficient (Wildman–Crippen LogP) is 22.7. The van der Waals surface area contributed by atoms with Gasteiger partial charge in [0, 0.05) is 67.1 Å². The fraction of sp³-hybridized carbons (Fsp3) is 0.0426. The van der Waals surface area contributed by atoms with E-state index in [4.69, 9.17) is 9.47 Å². The predicted molar refractivity (Wildman–Crippen MR) is 409 cm³/mol. The summed E-state index contributed by atoms with van der Waals surface area (Å²) in [5.74, 6) is 3.46. The van der Waals surface area contributed by atoms with Gasteiger partial charge in [-0.05, 0) is 155 Å². The van der Waals surface area contributed by atoms with Crippen molar-refractivity contribution in [2.45, 2.75) is 24.7 Å². The van der Waals surface area contributed by atoms with Gasteiger partial charge in [0.1, 0.15) is 23.0 Å². The van der Waals surface area contributed by atoms with E-state index in [0.29, 0.717) is 0 Å². The summed E-state index contributed by atoms with van der Waals surface area (Å²) >= 11 is 0. The molecule has 4 aliphatic heterocycles. The van der Waals surface area contributed by atoms with Crippen LogP contribution in [0.1, 0.15) is 47.2 Å². The Labute approximate surface area is 577 Å². The van der Waals surface area contributed by atoms with Crippen LogP contribution in [0.5, 0.6) is 23.0 Å². The van der Waals surface area contributed by atoms with Crippen LogP contribution in [-0.4, -0.2) is 6.71 Å². The number of benzene rings is 15. The van der Waals surface area contributed by atoms with Crippen LogP contribution in [0.4, 0.5) is 34.1 Å². The van der Waals surface area contributed by atoms with E-state index in [0.717, 1.165) is 152 Å². The Balaban J connectivity index is 0.946. The fourth-order valence-corrected chi connectivity index (χ4v) is 17.3. The van der Waals surface area contributed by atoms with E-state index >= 15 is 0 Å². The molecule has 0 fully saturated rings. The summed E-state index contributed by atoms with van der Waals surface area (Å²) in [5, 5.41) is 0. The van der Waals surface area contributed by atoms with Crippen LogP contribution in [0.3, 0.4) is 0 Å². The van der Waals surface area contributed by atoms with Gasteiger partial charge in [0.05, 0.1) is 16.8 Å². The van der Waals surface area contributed by atoms with Gasteiger partial charge in [-0.15, -0.1) is 0 Å². The standard InChI is InChI=1S/C94H63BN2O2/c1-93(2)76-43-22-24-45-87(76)99-90-59-81-84(58-78(90)93)96(82-50-47-65(60-27-8-3-9-28-60)53-73(82)64-35-16-7-17-36-64)85-56-68(66-49-52-89-79(54-66)94(77-44-23-25-46-88(77)98-89)74-41-20-18-37-71(74)72-38-19-21-42-75(72)94)57-86-91(85)95(81)80-55-67(61-29-10-4-11-30-61)48-51-83(80)97(86)92-69(62-31-12-5-13-32-62)39-26-40-70(92)63-33-14-6-15-34-63/h3-59H,1-2H3. The molecule has 15 aromatic carbocycles. The van der Waals surface area contributed by atoms with Crippen molar-refractivity contribution in [2.24, 2.45) is 0 Å². The topological polar surface area (TPSA) is 24.9 Å². The van der Waals surface area contributed by atoms with Gasteiger partial charge in [-0.1, -0.05) is 293 Å². The monoisotopic (exact) mass is 1260 g/mol. The lowest BCUT2D eigenvalue weighted by Gasteiger charge is -2.46. The number of fused-ring (bicyclic) bond motifs is 15. The first-order chi connectivity index (χ1) is 48.9. The van der Waals surface area contributed by atoms with E-state index in [2.05, 4.69) is 369 Å². The van der Waals surface area contributed by atoms with Crippen LogP contribution >= 0.6 is 0 Å². The lowest BCUT2D eigenvalue weighted by atomic mass is 9.33. The van der Waals surface area contributed by atoms with Crippen molar-refractivity contribution in [1.82, 2.24) is 0 Å². The Kier molecular flexibility index (Phi) is 12.7. The molecule has 15 aromatic rings. The SMILES string of the molecule is CC1(C)c2ccccc2Oc2cc3c(cc21)N(c1ccc(-c2ccccc2)cc1-c1ccccc1)c1cc(-c2ccc4c(c2)C2(c5ccccc5O4)c4ccccc4-c4ccccc42)cc2c1B3c1cc(-c3ccccc3)ccc1N2c1c(-c2ccccc2)cccc1-c1ccccc1. The van der Waals surface area contributed by atoms with E-state index in [1.807, 2.05) is 0 Å². The molecule has 0 bridgehead atoms. The van der Waals surface area contributed by atoms with Gasteiger partial charge in [0.15, 0.2) is 0 Å². The molecule has 0 atom stereocenters. The molecule has 1 aliphatic carbocycles. The molecule has 0 amide bonds. The van der Waals surface area contributed by atoms with Gasteiger partial charge < -0.3 is 19.3 Å². The summed E-state index contributed by atoms with van der Waals surface area (Å²) in [4.78, 5) is 5.28. The van der Waals surface area contributed by atoms with Crippen molar-refractivity contribution >= 4 is 57.2 Å². The van der Waals surface area contributed by atoms with Crippen LogP contribution in [0.25, 0.3) is 77.9 Å². The van der Waals surface area contributed by atoms with Crippen LogP contribution in [0.15, 0.2) is 346 Å². The summed E-state index contributed by atoms with van der Waals surface area (Å²) in [7, 11) is 0. The normalized spacial score (nSPS) is 14.0. The molecule has 1 spiro atoms. The lowest BCUT2D eigenvalue weighted by molar-refractivity contribution is 0.418. The van der Waals surface area contributed by atoms with Gasteiger partial charge >= 0.3 is 0 Å². The summed E-state index contributed by atoms with van der Waals surface area (Å²) < 4.78 is 14.5. The van der Waals surface area contributed by atoms with Crippen molar-refractivity contribution in [3.8, 4) is 101 Å². The second kappa shape index (κ2) is 22.1. The largest absolute Gasteiger partial charge is 0.457 e. The molecule has 5 heteroatoms. The summed E-state index contributed by atoms with van der Waals surface area (Å²) in [6, 6.07) is 128. The average Bonchev–Trinajstić information content (AvgIpc) is 1.66. The van der Waals surface area contributed by atoms with Gasteiger partial charge in [-0.3, -0.25) is 0 Å². The van der Waals surface area contributed by atoms with Crippen LogP contribution < -0.4 is 35.7 Å². The number of nitrogens with zero attached hydrogens (tertiary/aromatic N) is 2. The van der Waals surface area contributed by atoms with Crippen LogP contribution in [-0.2, 0) is 10.8 Å². The van der Waals surface area contributed by atoms with E-state index in [1.165, 1.54) is 33.2 Å². The van der Waals surface area contributed by atoms with Gasteiger partial charge in [0.2, 0.25) is 0 Å². The maximum Gasteiger partial charge on any atom is 0.252 e. The number of para-hydroxylation sites is 3. The van der Waals surface area contributed by atoms with Gasteiger partial charge in [-0.2, -0.15) is 0 Å². The molecule has 0 aromatic heterocycles. The molecule has 0 N–H and O–H groups in total. The lowest BCUT2D eigenvalue weighted by Crippen LogP contribution is -2.61. The minimum atomic E-state index is -0.690. The maximum absolute atomic E-state index is 7.30. The Morgan fingerprint density at radius 1 is 0.242 bits per heavy atom. The second-order valence-corrected chi connectivity index (χ2v) is 27.4. The second-order valence-electron chi connectivity index (χ2n) is 27.4. The first kappa shape index (κ1) is 56.9. The molecule has 99 heavy (non-hydrogen) atoms. The number of hydrogen-bond donors (Lipinski definition) is 0. The Morgan fingerprint density at radius 2 is 0.677 bits per heavy atom. The molecule has 20 rings (SSSR count). The first-order valence-electron chi connectivity index (χ1n) is 34.4. The fourth-order valence-electron chi connectivity index (χ4n) is 17.3. The zero-order chi connectivity index (χ0) is 65.5. The quantitative estimate of drug-likeness (QED) is 0.142. The molecule has 0 radical (unpaired) electrons. The average molecular weight is 1260 g/mol. The third-order valence-electron chi connectivity index (χ3n) is 21.8. The van der Waals surface area contributed by atoms with Gasteiger partial charge in [-0.25, -0.2) is 0 Å². The minimum absolute atomic E-state index is 0.296. The van der Waals surface area contributed by atoms with Crippen molar-refractivity contribution in [3.05, 3.63) is 379 Å². The minimum Gasteiger partial charge on any atom is -0.457 e. The number of anilines is 6. The zero-order valence-corrected chi connectivity index (χ0v) is 54.7. The van der Waals surface area contributed by atoms with Crippen LogP contribution in [0.2, 0.25) is 0 Å². The highest BCUT2D eigenvalue weighted by Crippen LogP contribution is 2.63. The summed E-state index contributed by atoms with van der Waals surface area (Å²) in [6.07, 6.45) is 0. The Morgan fingerprint density at radius 3 is 1.28 bits per heavy atom. The Bertz CT molecular complexity index is 5690. The number of rotatable bonds is 8. The van der Waals surface area contributed by atoms with E-state index < -0.39 is 10.8 Å². The molecule has 464 valence electrons. The summed E-state index contributed by atoms with van der Waals surface area (Å²) in [5.41, 5.74) is 31.9. The molecule has 4 heterocycles. The third-order valence-corrected chi connectivity index (χ3v) is 21.8. The van der Waals surface area contributed by atoms with Crippen molar-refractivity contribution in [3.63, 3.8) is 0 Å². The zero-order valence-electron chi connectivity index (χ0n) is 54.7. The molecule has 4 nitrogen and oxygen atoms in total. The molecular weight excluding hydrogens is 1200 g/mol. The number of hydrogen-bond acceptors (Lipinski definition) is 4. The molecule has 0 unspecified atom stereocenters. The third kappa shape index (κ3) is 8.54. The van der Waals surface area contributed by atoms with Crippen LogP contribution in [0, 0.1) is 0 Å². The molecule has 0 saturated carbocycles. The molecule has 5 aliphatic rings.